The van der Waals surface area contributed by atoms with Crippen LogP contribution in [0.3, 0.4) is 0 Å². The lowest BCUT2D eigenvalue weighted by molar-refractivity contribution is 0.486. The zero-order valence-corrected chi connectivity index (χ0v) is 18.3. The maximum atomic E-state index is 9.90. The Morgan fingerprint density at radius 1 is 1.23 bits per heavy atom. The van der Waals surface area contributed by atoms with E-state index in [-0.39, 0.29) is 6.04 Å². The van der Waals surface area contributed by atoms with E-state index in [1.54, 1.807) is 6.26 Å². The number of pyridine rings is 1. The van der Waals surface area contributed by atoms with Gasteiger partial charge in [0.1, 0.15) is 17.6 Å². The van der Waals surface area contributed by atoms with Crippen LogP contribution in [-0.4, -0.2) is 28.4 Å². The molecule has 0 amide bonds. The van der Waals surface area contributed by atoms with Crippen molar-refractivity contribution in [2.45, 2.75) is 39.2 Å². The minimum Gasteiger partial charge on any atom is -0.469 e. The zero-order chi connectivity index (χ0) is 21.3. The van der Waals surface area contributed by atoms with Gasteiger partial charge in [-0.2, -0.15) is 5.26 Å². The van der Waals surface area contributed by atoms with Crippen molar-refractivity contribution in [3.05, 3.63) is 65.1 Å². The fourth-order valence-electron chi connectivity index (χ4n) is 4.14. The molecule has 0 aliphatic heterocycles. The van der Waals surface area contributed by atoms with Crippen LogP contribution in [0.15, 0.2) is 47.1 Å². The van der Waals surface area contributed by atoms with Crippen LogP contribution in [0.4, 0.5) is 5.82 Å². The largest absolute Gasteiger partial charge is 0.469 e. The number of anilines is 1. The van der Waals surface area contributed by atoms with E-state index >= 15 is 0 Å². The summed E-state index contributed by atoms with van der Waals surface area (Å²) >= 11 is 6.19. The number of nitriles is 1. The van der Waals surface area contributed by atoms with Crippen molar-refractivity contribution in [2.24, 2.45) is 0 Å². The number of hydrogen-bond donors (Lipinski definition) is 0. The summed E-state index contributed by atoms with van der Waals surface area (Å²) < 4.78 is 7.64. The van der Waals surface area contributed by atoms with Crippen molar-refractivity contribution in [3.8, 4) is 6.07 Å². The van der Waals surface area contributed by atoms with Gasteiger partial charge in [0.2, 0.25) is 0 Å². The van der Waals surface area contributed by atoms with Crippen LogP contribution in [0, 0.1) is 18.3 Å². The molecule has 4 rings (SSSR count). The molecule has 6 heteroatoms. The predicted octanol–water partition coefficient (Wildman–Crippen LogP) is 5.50. The molecule has 3 aromatic heterocycles. The molecule has 4 aromatic rings. The van der Waals surface area contributed by atoms with Crippen molar-refractivity contribution in [1.29, 1.82) is 5.26 Å². The number of hydrogen-bond acceptors (Lipinski definition) is 4. The number of benzene rings is 1. The van der Waals surface area contributed by atoms with Crippen LogP contribution in [0.25, 0.3) is 16.7 Å². The summed E-state index contributed by atoms with van der Waals surface area (Å²) in [5, 5.41) is 9.90. The average molecular weight is 421 g/mol. The predicted molar refractivity (Wildman–Crippen MR) is 121 cm³/mol. The summed E-state index contributed by atoms with van der Waals surface area (Å²) in [6, 6.07) is 14.6. The molecule has 3 heterocycles. The molecule has 0 aliphatic rings. The molecule has 1 atom stereocenters. The van der Waals surface area contributed by atoms with Gasteiger partial charge in [0.15, 0.2) is 5.65 Å². The second-order valence-corrected chi connectivity index (χ2v) is 8.07. The number of halogens is 1. The van der Waals surface area contributed by atoms with Gasteiger partial charge in [0, 0.05) is 25.4 Å². The van der Waals surface area contributed by atoms with E-state index in [0.29, 0.717) is 23.5 Å². The van der Waals surface area contributed by atoms with Gasteiger partial charge in [-0.1, -0.05) is 12.1 Å². The first-order valence-corrected chi connectivity index (χ1v) is 10.7. The summed E-state index contributed by atoms with van der Waals surface area (Å²) in [7, 11) is 2.11. The van der Waals surface area contributed by atoms with Gasteiger partial charge in [0.25, 0.3) is 0 Å². The van der Waals surface area contributed by atoms with Crippen molar-refractivity contribution in [3.63, 3.8) is 0 Å². The van der Waals surface area contributed by atoms with Gasteiger partial charge in [0.05, 0.1) is 22.9 Å². The highest BCUT2D eigenvalue weighted by Gasteiger charge is 2.24. The Hall–Kier alpha value is -2.97. The highest BCUT2D eigenvalue weighted by atomic mass is 35.5. The summed E-state index contributed by atoms with van der Waals surface area (Å²) in [5.74, 6) is 2.54. The maximum absolute atomic E-state index is 9.90. The van der Waals surface area contributed by atoms with Crippen molar-refractivity contribution < 1.29 is 4.42 Å². The molecule has 0 saturated carbocycles. The van der Waals surface area contributed by atoms with E-state index in [2.05, 4.69) is 35.4 Å². The Bertz CT molecular complexity index is 1220. The molecule has 30 heavy (non-hydrogen) atoms. The van der Waals surface area contributed by atoms with Crippen LogP contribution in [0.1, 0.15) is 35.8 Å². The van der Waals surface area contributed by atoms with E-state index < -0.39 is 0 Å². The van der Waals surface area contributed by atoms with E-state index in [1.165, 1.54) is 0 Å². The SMILES string of the molecule is Cc1c(CCCl)c(N(C)C(C)CCc2ccco2)n2c(nc3ccccc32)c1C#N. The minimum atomic E-state index is 0.251. The van der Waals surface area contributed by atoms with Gasteiger partial charge in [-0.15, -0.1) is 11.6 Å². The highest BCUT2D eigenvalue weighted by molar-refractivity contribution is 6.18. The van der Waals surface area contributed by atoms with Gasteiger partial charge < -0.3 is 9.32 Å². The molecule has 154 valence electrons. The molecular weight excluding hydrogens is 396 g/mol. The molecule has 0 saturated heterocycles. The number of rotatable bonds is 7. The smallest absolute Gasteiger partial charge is 0.157 e. The molecule has 5 nitrogen and oxygen atoms in total. The van der Waals surface area contributed by atoms with Gasteiger partial charge >= 0.3 is 0 Å². The average Bonchev–Trinajstić information content (AvgIpc) is 3.40. The molecule has 0 fully saturated rings. The summed E-state index contributed by atoms with van der Waals surface area (Å²) in [4.78, 5) is 7.09. The van der Waals surface area contributed by atoms with Crippen LogP contribution < -0.4 is 4.90 Å². The van der Waals surface area contributed by atoms with E-state index in [1.807, 2.05) is 37.3 Å². The molecule has 0 radical (unpaired) electrons. The quantitative estimate of drug-likeness (QED) is 0.370. The van der Waals surface area contributed by atoms with E-state index in [9.17, 15) is 5.26 Å². The Kier molecular flexibility index (Phi) is 5.69. The fraction of sp³-hybridized carbons (Fsp3) is 0.333. The van der Waals surface area contributed by atoms with Crippen molar-refractivity contribution in [1.82, 2.24) is 9.38 Å². The molecule has 0 spiro atoms. The summed E-state index contributed by atoms with van der Waals surface area (Å²) in [6.45, 7) is 4.22. The molecule has 0 aliphatic carbocycles. The van der Waals surface area contributed by atoms with Crippen molar-refractivity contribution in [2.75, 3.05) is 17.8 Å². The molecule has 0 bridgehead atoms. The normalized spacial score (nSPS) is 12.4. The number of alkyl halides is 1. The fourth-order valence-corrected chi connectivity index (χ4v) is 4.32. The van der Waals surface area contributed by atoms with Crippen LogP contribution in [-0.2, 0) is 12.8 Å². The topological polar surface area (TPSA) is 57.5 Å². The summed E-state index contributed by atoms with van der Waals surface area (Å²) in [6.07, 6.45) is 4.21. The lowest BCUT2D eigenvalue weighted by atomic mass is 10.0. The first-order chi connectivity index (χ1) is 14.6. The number of nitrogens with zero attached hydrogens (tertiary/aromatic N) is 4. The minimum absolute atomic E-state index is 0.251. The third-order valence-corrected chi connectivity index (χ3v) is 6.12. The second-order valence-electron chi connectivity index (χ2n) is 7.69. The third-order valence-electron chi connectivity index (χ3n) is 5.93. The van der Waals surface area contributed by atoms with Crippen LogP contribution in [0.2, 0.25) is 0 Å². The Labute approximate surface area is 181 Å². The van der Waals surface area contributed by atoms with Gasteiger partial charge in [-0.3, -0.25) is 4.40 Å². The Balaban J connectivity index is 1.90. The Morgan fingerprint density at radius 3 is 2.73 bits per heavy atom. The lowest BCUT2D eigenvalue weighted by Gasteiger charge is -2.31. The third kappa shape index (κ3) is 3.42. The standard InChI is InChI=1S/C24H25ClN4O/c1-16(10-11-18-7-6-14-30-18)28(3)24-19(12-13-25)17(2)20(15-26)23-27-21-8-4-5-9-22(21)29(23)24/h4-9,14,16H,10-13H2,1-3H3. The molecule has 0 N–H and O–H groups in total. The lowest BCUT2D eigenvalue weighted by Crippen LogP contribution is -2.32. The number of fused-ring (bicyclic) bond motifs is 3. The van der Waals surface area contributed by atoms with E-state index in [0.717, 1.165) is 46.6 Å². The first-order valence-electron chi connectivity index (χ1n) is 10.2. The van der Waals surface area contributed by atoms with Crippen molar-refractivity contribution >= 4 is 34.1 Å². The van der Waals surface area contributed by atoms with Gasteiger partial charge in [-0.25, -0.2) is 4.98 Å². The maximum Gasteiger partial charge on any atom is 0.157 e. The number of furan rings is 1. The highest BCUT2D eigenvalue weighted by Crippen LogP contribution is 2.34. The van der Waals surface area contributed by atoms with Crippen LogP contribution >= 0.6 is 11.6 Å². The Morgan fingerprint density at radius 2 is 2.03 bits per heavy atom. The monoisotopic (exact) mass is 420 g/mol. The number of para-hydroxylation sites is 2. The van der Waals surface area contributed by atoms with Crippen LogP contribution in [0.5, 0.6) is 0 Å². The number of aryl methyl sites for hydroxylation is 1. The molecule has 1 unspecified atom stereocenters. The van der Waals surface area contributed by atoms with E-state index in [4.69, 9.17) is 21.0 Å². The molecular formula is C24H25ClN4O. The molecule has 1 aromatic carbocycles. The van der Waals surface area contributed by atoms with Gasteiger partial charge in [-0.05, 0) is 62.1 Å². The number of imidazole rings is 1. The number of aromatic nitrogens is 2. The first kappa shape index (κ1) is 20.3. The second kappa shape index (κ2) is 8.41. The zero-order valence-electron chi connectivity index (χ0n) is 17.5. The summed E-state index contributed by atoms with van der Waals surface area (Å²) in [5.41, 5.74) is 5.26.